The molecule has 21 heavy (non-hydrogen) atoms. The van der Waals surface area contributed by atoms with Gasteiger partial charge in [0.2, 0.25) is 0 Å². The van der Waals surface area contributed by atoms with Crippen molar-refractivity contribution in [3.63, 3.8) is 0 Å². The van der Waals surface area contributed by atoms with Gasteiger partial charge in [0, 0.05) is 17.8 Å². The molecule has 3 rings (SSSR count). The summed E-state index contributed by atoms with van der Waals surface area (Å²) in [6.07, 6.45) is 5.30. The summed E-state index contributed by atoms with van der Waals surface area (Å²) in [7, 11) is 0. The summed E-state index contributed by atoms with van der Waals surface area (Å²) < 4.78 is 0. The van der Waals surface area contributed by atoms with Crippen molar-refractivity contribution in [2.75, 3.05) is 5.43 Å². The number of carbonyl (C=O) groups excluding carboxylic acids is 1. The summed E-state index contributed by atoms with van der Waals surface area (Å²) in [6, 6.07) is 3.62. The van der Waals surface area contributed by atoms with E-state index in [9.17, 15) is 4.79 Å². The van der Waals surface area contributed by atoms with Crippen LogP contribution in [-0.4, -0.2) is 16.9 Å². The minimum Gasteiger partial charge on any atom is -0.348 e. The van der Waals surface area contributed by atoms with Gasteiger partial charge in [-0.3, -0.25) is 4.79 Å². The summed E-state index contributed by atoms with van der Waals surface area (Å²) in [5.41, 5.74) is 3.46. The van der Waals surface area contributed by atoms with Gasteiger partial charge in [-0.05, 0) is 48.1 Å². The summed E-state index contributed by atoms with van der Waals surface area (Å²) in [6.45, 7) is 6.88. The van der Waals surface area contributed by atoms with Gasteiger partial charge >= 0.3 is 0 Å². The molecule has 0 aromatic carbocycles. The Morgan fingerprint density at radius 1 is 1.43 bits per heavy atom. The summed E-state index contributed by atoms with van der Waals surface area (Å²) in [5, 5.41) is 3.27. The van der Waals surface area contributed by atoms with Gasteiger partial charge in [0.25, 0.3) is 5.91 Å². The Kier molecular flexibility index (Phi) is 3.20. The molecule has 114 valence electrons. The zero-order chi connectivity index (χ0) is 15.3. The lowest BCUT2D eigenvalue weighted by atomic mass is 9.68. The molecule has 0 saturated heterocycles. The lowest BCUT2D eigenvalue weighted by Gasteiger charge is -2.43. The Balaban J connectivity index is 1.81. The van der Waals surface area contributed by atoms with Crippen LogP contribution in [0.25, 0.3) is 0 Å². The van der Waals surface area contributed by atoms with E-state index in [1.165, 1.54) is 19.3 Å². The molecule has 5 nitrogen and oxygen atoms in total. The maximum Gasteiger partial charge on any atom is 0.251 e. The van der Waals surface area contributed by atoms with E-state index in [1.807, 2.05) is 0 Å². The van der Waals surface area contributed by atoms with E-state index < -0.39 is 0 Å². The molecule has 0 spiro atoms. The monoisotopic (exact) mass is 288 g/mol. The maximum absolute atomic E-state index is 12.6. The number of nitrogens with two attached hydrogens (primary N) is 1. The van der Waals surface area contributed by atoms with Gasteiger partial charge < -0.3 is 10.7 Å². The lowest BCUT2D eigenvalue weighted by Crippen LogP contribution is -2.52. The van der Waals surface area contributed by atoms with Gasteiger partial charge in [0.05, 0.1) is 0 Å². The molecular weight excluding hydrogens is 264 g/mol. The van der Waals surface area contributed by atoms with Crippen molar-refractivity contribution < 1.29 is 4.79 Å². The fraction of sp³-hybridized carbons (Fsp3) is 0.625. The van der Waals surface area contributed by atoms with Gasteiger partial charge in [-0.15, -0.1) is 0 Å². The second-order valence-corrected chi connectivity index (χ2v) is 7.40. The Morgan fingerprint density at radius 3 is 2.81 bits per heavy atom. The van der Waals surface area contributed by atoms with Gasteiger partial charge in [-0.2, -0.15) is 0 Å². The van der Waals surface area contributed by atoms with E-state index in [2.05, 4.69) is 36.5 Å². The highest BCUT2D eigenvalue weighted by Gasteiger charge is 2.59. The SMILES string of the molecule is CC12CCC(C1)C(C)(C)C2NC(=O)c1ccnc(NN)c1. The van der Waals surface area contributed by atoms with Crippen LogP contribution in [0.15, 0.2) is 18.3 Å². The number of hydrogen-bond acceptors (Lipinski definition) is 4. The van der Waals surface area contributed by atoms with Crippen LogP contribution >= 0.6 is 0 Å². The topological polar surface area (TPSA) is 80.0 Å². The van der Waals surface area contributed by atoms with Crippen LogP contribution in [0, 0.1) is 16.7 Å². The van der Waals surface area contributed by atoms with Crippen molar-refractivity contribution in [3.8, 4) is 0 Å². The van der Waals surface area contributed by atoms with Crippen molar-refractivity contribution in [3.05, 3.63) is 23.9 Å². The quantitative estimate of drug-likeness (QED) is 0.589. The summed E-state index contributed by atoms with van der Waals surface area (Å²) in [4.78, 5) is 16.6. The number of carbonyl (C=O) groups is 1. The van der Waals surface area contributed by atoms with E-state index >= 15 is 0 Å². The third-order valence-corrected chi connectivity index (χ3v) is 5.72. The molecule has 5 heteroatoms. The number of fused-ring (bicyclic) bond motifs is 2. The van der Waals surface area contributed by atoms with Crippen LogP contribution < -0.4 is 16.6 Å². The number of amides is 1. The third kappa shape index (κ3) is 2.20. The minimum absolute atomic E-state index is 0.0410. The fourth-order valence-electron chi connectivity index (χ4n) is 4.53. The van der Waals surface area contributed by atoms with Crippen LogP contribution in [0.1, 0.15) is 50.4 Å². The largest absolute Gasteiger partial charge is 0.348 e. The number of hydrogen-bond donors (Lipinski definition) is 3. The average molecular weight is 288 g/mol. The molecule has 3 atom stereocenters. The smallest absolute Gasteiger partial charge is 0.251 e. The minimum atomic E-state index is -0.0410. The molecule has 1 heterocycles. The van der Waals surface area contributed by atoms with E-state index in [0.717, 1.165) is 0 Å². The van der Waals surface area contributed by atoms with Crippen LogP contribution in [0.2, 0.25) is 0 Å². The van der Waals surface area contributed by atoms with Crippen LogP contribution in [0.3, 0.4) is 0 Å². The molecule has 0 radical (unpaired) electrons. The van der Waals surface area contributed by atoms with Gasteiger partial charge in [-0.1, -0.05) is 20.8 Å². The highest BCUT2D eigenvalue weighted by atomic mass is 16.1. The molecule has 2 bridgehead atoms. The molecule has 2 aliphatic carbocycles. The number of anilines is 1. The number of nitrogens with zero attached hydrogens (tertiary/aromatic N) is 1. The van der Waals surface area contributed by atoms with Gasteiger partial charge in [-0.25, -0.2) is 10.8 Å². The van der Waals surface area contributed by atoms with Crippen LogP contribution in [-0.2, 0) is 0 Å². The van der Waals surface area contributed by atoms with Gasteiger partial charge in [0.1, 0.15) is 5.82 Å². The molecule has 2 fully saturated rings. The van der Waals surface area contributed by atoms with Crippen LogP contribution in [0.4, 0.5) is 5.82 Å². The zero-order valence-electron chi connectivity index (χ0n) is 12.9. The highest BCUT2D eigenvalue weighted by Crippen LogP contribution is 2.62. The average Bonchev–Trinajstić information content (AvgIpc) is 2.94. The van der Waals surface area contributed by atoms with Crippen molar-refractivity contribution in [2.45, 2.75) is 46.1 Å². The first-order valence-electron chi connectivity index (χ1n) is 7.60. The van der Waals surface area contributed by atoms with Crippen molar-refractivity contribution >= 4 is 11.7 Å². The van der Waals surface area contributed by atoms with Crippen LogP contribution in [0.5, 0.6) is 0 Å². The molecule has 2 aliphatic rings. The molecule has 0 aliphatic heterocycles. The van der Waals surface area contributed by atoms with E-state index in [1.54, 1.807) is 18.3 Å². The predicted molar refractivity (Wildman–Crippen MR) is 82.5 cm³/mol. The van der Waals surface area contributed by atoms with E-state index in [0.29, 0.717) is 17.3 Å². The Labute approximate surface area is 125 Å². The number of hydrazine groups is 1. The first kappa shape index (κ1) is 14.3. The highest BCUT2D eigenvalue weighted by molar-refractivity contribution is 5.95. The number of rotatable bonds is 3. The number of pyridine rings is 1. The Morgan fingerprint density at radius 2 is 2.19 bits per heavy atom. The molecule has 1 aromatic heterocycles. The fourth-order valence-corrected chi connectivity index (χ4v) is 4.53. The van der Waals surface area contributed by atoms with Crippen molar-refractivity contribution in [1.29, 1.82) is 0 Å². The number of nitrogen functional groups attached to an aromatic ring is 1. The predicted octanol–water partition coefficient (Wildman–Crippen LogP) is 2.31. The standard InChI is InChI=1S/C16H24N4O/c1-15(2)11-4-6-16(3,9-11)14(15)19-13(21)10-5-7-18-12(8-10)20-17/h5,7-8,11,14H,4,6,9,17H2,1-3H3,(H,18,20)(H,19,21). The Bertz CT molecular complexity index is 566. The molecule has 3 unspecified atom stereocenters. The van der Waals surface area contributed by atoms with Crippen molar-refractivity contribution in [1.82, 2.24) is 10.3 Å². The number of nitrogens with one attached hydrogen (secondary N) is 2. The first-order chi connectivity index (χ1) is 9.87. The molecular formula is C16H24N4O. The second kappa shape index (κ2) is 4.70. The zero-order valence-corrected chi connectivity index (χ0v) is 12.9. The first-order valence-corrected chi connectivity index (χ1v) is 7.60. The van der Waals surface area contributed by atoms with Crippen molar-refractivity contribution in [2.24, 2.45) is 22.6 Å². The maximum atomic E-state index is 12.6. The number of aromatic nitrogens is 1. The lowest BCUT2D eigenvalue weighted by molar-refractivity contribution is 0.0737. The summed E-state index contributed by atoms with van der Waals surface area (Å²) >= 11 is 0. The molecule has 4 N–H and O–H groups in total. The molecule has 1 amide bonds. The second-order valence-electron chi connectivity index (χ2n) is 7.40. The Hall–Kier alpha value is -1.62. The molecule has 2 saturated carbocycles. The van der Waals surface area contributed by atoms with E-state index in [-0.39, 0.29) is 22.8 Å². The normalized spacial score (nSPS) is 33.0. The summed E-state index contributed by atoms with van der Waals surface area (Å²) in [5.74, 6) is 6.53. The molecule has 1 aromatic rings. The van der Waals surface area contributed by atoms with Gasteiger partial charge in [0.15, 0.2) is 0 Å². The van der Waals surface area contributed by atoms with E-state index in [4.69, 9.17) is 5.84 Å². The third-order valence-electron chi connectivity index (χ3n) is 5.72.